The molecule has 0 heterocycles. The standard InChI is InChI=1S/C13H19NOS/c1-9-8-12(16(3)15)13(14-2)11-7-5-4-6-10(9)11/h4-7,9,12-14H,8H2,1-3H3. The predicted molar refractivity (Wildman–Crippen MR) is 69.1 cm³/mol. The first-order chi connectivity index (χ1) is 7.65. The Hall–Kier alpha value is -0.670. The summed E-state index contributed by atoms with van der Waals surface area (Å²) in [5, 5.41) is 3.55. The van der Waals surface area contributed by atoms with Crippen molar-refractivity contribution >= 4 is 10.8 Å². The van der Waals surface area contributed by atoms with Gasteiger partial charge in [-0.3, -0.25) is 4.21 Å². The van der Waals surface area contributed by atoms with Gasteiger partial charge in [-0.1, -0.05) is 31.2 Å². The lowest BCUT2D eigenvalue weighted by Gasteiger charge is -2.35. The van der Waals surface area contributed by atoms with Crippen molar-refractivity contribution in [1.29, 1.82) is 0 Å². The summed E-state index contributed by atoms with van der Waals surface area (Å²) in [5.41, 5.74) is 2.73. The van der Waals surface area contributed by atoms with E-state index in [9.17, 15) is 4.21 Å². The fraction of sp³-hybridized carbons (Fsp3) is 0.538. The van der Waals surface area contributed by atoms with Crippen molar-refractivity contribution in [2.75, 3.05) is 13.3 Å². The molecule has 4 atom stereocenters. The molecule has 16 heavy (non-hydrogen) atoms. The molecular weight excluding hydrogens is 218 g/mol. The molecular formula is C13H19NOS. The summed E-state index contributed by atoms with van der Waals surface area (Å²) in [6, 6.07) is 8.74. The molecule has 0 saturated heterocycles. The summed E-state index contributed by atoms with van der Waals surface area (Å²) in [4.78, 5) is 0. The van der Waals surface area contributed by atoms with Gasteiger partial charge in [0, 0.05) is 23.1 Å². The highest BCUT2D eigenvalue weighted by Gasteiger charge is 2.34. The van der Waals surface area contributed by atoms with Gasteiger partial charge >= 0.3 is 0 Å². The Kier molecular flexibility index (Phi) is 3.45. The van der Waals surface area contributed by atoms with Crippen LogP contribution < -0.4 is 5.32 Å². The highest BCUT2D eigenvalue weighted by Crippen LogP contribution is 2.38. The fourth-order valence-corrected chi connectivity index (χ4v) is 3.95. The minimum absolute atomic E-state index is 0.231. The molecule has 0 aromatic heterocycles. The van der Waals surface area contributed by atoms with E-state index >= 15 is 0 Å². The van der Waals surface area contributed by atoms with E-state index in [1.165, 1.54) is 11.1 Å². The maximum Gasteiger partial charge on any atom is 0.0545 e. The number of fused-ring (bicyclic) bond motifs is 1. The minimum atomic E-state index is -0.772. The van der Waals surface area contributed by atoms with Gasteiger partial charge in [0.1, 0.15) is 0 Å². The summed E-state index contributed by atoms with van der Waals surface area (Å²) < 4.78 is 11.8. The molecule has 1 aromatic carbocycles. The lowest BCUT2D eigenvalue weighted by atomic mass is 9.81. The van der Waals surface area contributed by atoms with E-state index in [2.05, 4.69) is 36.5 Å². The molecule has 0 fully saturated rings. The number of rotatable bonds is 2. The van der Waals surface area contributed by atoms with Crippen LogP contribution in [0.4, 0.5) is 0 Å². The Balaban J connectivity index is 2.46. The van der Waals surface area contributed by atoms with E-state index in [0.29, 0.717) is 5.92 Å². The zero-order valence-electron chi connectivity index (χ0n) is 10.1. The normalized spacial score (nSPS) is 30.8. The van der Waals surface area contributed by atoms with Crippen LogP contribution in [0.5, 0.6) is 0 Å². The second-order valence-electron chi connectivity index (χ2n) is 4.57. The summed E-state index contributed by atoms with van der Waals surface area (Å²) in [6.45, 7) is 2.23. The maximum atomic E-state index is 11.8. The second kappa shape index (κ2) is 4.68. The third kappa shape index (κ3) is 1.94. The van der Waals surface area contributed by atoms with Gasteiger partial charge in [0.15, 0.2) is 0 Å². The predicted octanol–water partition coefficient (Wildman–Crippen LogP) is 2.20. The second-order valence-corrected chi connectivity index (χ2v) is 6.17. The molecule has 0 saturated carbocycles. The van der Waals surface area contributed by atoms with Crippen LogP contribution in [0.1, 0.15) is 36.4 Å². The van der Waals surface area contributed by atoms with E-state index < -0.39 is 10.8 Å². The molecule has 1 aromatic rings. The Morgan fingerprint density at radius 2 is 1.94 bits per heavy atom. The lowest BCUT2D eigenvalue weighted by Crippen LogP contribution is -2.37. The van der Waals surface area contributed by atoms with Crippen molar-refractivity contribution in [3.05, 3.63) is 35.4 Å². The van der Waals surface area contributed by atoms with Crippen molar-refractivity contribution in [2.45, 2.75) is 30.6 Å². The van der Waals surface area contributed by atoms with E-state index in [4.69, 9.17) is 0 Å². The first-order valence-corrected chi connectivity index (χ1v) is 7.35. The molecule has 3 heteroatoms. The van der Waals surface area contributed by atoms with Gasteiger partial charge in [0.25, 0.3) is 0 Å². The Morgan fingerprint density at radius 1 is 1.31 bits per heavy atom. The number of nitrogens with one attached hydrogen (secondary N) is 1. The third-order valence-electron chi connectivity index (χ3n) is 3.56. The van der Waals surface area contributed by atoms with Crippen molar-refractivity contribution in [2.24, 2.45) is 0 Å². The van der Waals surface area contributed by atoms with Crippen molar-refractivity contribution in [3.63, 3.8) is 0 Å². The number of benzene rings is 1. The largest absolute Gasteiger partial charge is 0.312 e. The Labute approximate surface area is 99.9 Å². The highest BCUT2D eigenvalue weighted by atomic mass is 32.2. The van der Waals surface area contributed by atoms with Gasteiger partial charge in [-0.15, -0.1) is 0 Å². The molecule has 2 nitrogen and oxygen atoms in total. The van der Waals surface area contributed by atoms with E-state index in [0.717, 1.165) is 6.42 Å². The van der Waals surface area contributed by atoms with Gasteiger partial charge in [0.05, 0.1) is 5.25 Å². The van der Waals surface area contributed by atoms with Crippen LogP contribution in [0.25, 0.3) is 0 Å². The average molecular weight is 237 g/mol. The summed E-state index contributed by atoms with van der Waals surface area (Å²) in [5.74, 6) is 0.509. The first-order valence-electron chi connectivity index (χ1n) is 5.73. The van der Waals surface area contributed by atoms with Gasteiger partial charge in [0.2, 0.25) is 0 Å². The fourth-order valence-electron chi connectivity index (χ4n) is 2.72. The van der Waals surface area contributed by atoms with Gasteiger partial charge in [-0.05, 0) is 30.5 Å². The topological polar surface area (TPSA) is 29.1 Å². The zero-order valence-corrected chi connectivity index (χ0v) is 10.9. The molecule has 1 N–H and O–H groups in total. The third-order valence-corrected chi connectivity index (χ3v) is 4.87. The lowest BCUT2D eigenvalue weighted by molar-refractivity contribution is 0.464. The van der Waals surface area contributed by atoms with E-state index in [1.807, 2.05) is 13.3 Å². The quantitative estimate of drug-likeness (QED) is 0.854. The summed E-state index contributed by atoms with van der Waals surface area (Å²) in [6.07, 6.45) is 2.82. The van der Waals surface area contributed by atoms with E-state index in [1.54, 1.807) is 0 Å². The molecule has 0 spiro atoms. The van der Waals surface area contributed by atoms with Gasteiger partial charge in [-0.25, -0.2) is 0 Å². The SMILES string of the molecule is CNC1c2ccccc2C(C)CC1S(C)=O. The molecule has 88 valence electrons. The molecule has 0 amide bonds. The van der Waals surface area contributed by atoms with Gasteiger partial charge in [-0.2, -0.15) is 0 Å². The molecule has 0 bridgehead atoms. The van der Waals surface area contributed by atoms with Crippen molar-refractivity contribution in [3.8, 4) is 0 Å². The van der Waals surface area contributed by atoms with Crippen LogP contribution >= 0.6 is 0 Å². The van der Waals surface area contributed by atoms with Gasteiger partial charge < -0.3 is 5.32 Å². The van der Waals surface area contributed by atoms with Crippen molar-refractivity contribution in [1.82, 2.24) is 5.32 Å². The Morgan fingerprint density at radius 3 is 2.50 bits per heavy atom. The summed E-state index contributed by atoms with van der Waals surface area (Å²) in [7, 11) is 1.18. The summed E-state index contributed by atoms with van der Waals surface area (Å²) >= 11 is 0. The monoisotopic (exact) mass is 237 g/mol. The Bertz CT molecular complexity index is 405. The molecule has 2 rings (SSSR count). The van der Waals surface area contributed by atoms with Crippen LogP contribution in [0, 0.1) is 0 Å². The van der Waals surface area contributed by atoms with Crippen LogP contribution in [-0.2, 0) is 10.8 Å². The number of hydrogen-bond donors (Lipinski definition) is 1. The van der Waals surface area contributed by atoms with Crippen LogP contribution in [-0.4, -0.2) is 22.8 Å². The van der Waals surface area contributed by atoms with Crippen LogP contribution in [0.3, 0.4) is 0 Å². The maximum absolute atomic E-state index is 11.8. The van der Waals surface area contributed by atoms with E-state index in [-0.39, 0.29) is 11.3 Å². The molecule has 1 aliphatic rings. The highest BCUT2D eigenvalue weighted by molar-refractivity contribution is 7.84. The molecule has 1 aliphatic carbocycles. The number of hydrogen-bond acceptors (Lipinski definition) is 2. The molecule has 4 unspecified atom stereocenters. The van der Waals surface area contributed by atoms with Crippen molar-refractivity contribution < 1.29 is 4.21 Å². The molecule has 0 aliphatic heterocycles. The first kappa shape index (κ1) is 11.8. The zero-order chi connectivity index (χ0) is 11.7. The minimum Gasteiger partial charge on any atom is -0.312 e. The van der Waals surface area contributed by atoms with Crippen LogP contribution in [0.2, 0.25) is 0 Å². The van der Waals surface area contributed by atoms with Crippen LogP contribution in [0.15, 0.2) is 24.3 Å². The average Bonchev–Trinajstić information content (AvgIpc) is 2.29. The molecule has 0 radical (unpaired) electrons. The smallest absolute Gasteiger partial charge is 0.0545 e.